The molecule has 0 heterocycles. The Balaban J connectivity index is 1.79. The Morgan fingerprint density at radius 2 is 1.60 bits per heavy atom. The lowest BCUT2D eigenvalue weighted by Gasteiger charge is -2.40. The second-order valence-electron chi connectivity index (χ2n) is 8.65. The second-order valence-corrected chi connectivity index (χ2v) is 8.65. The molecule has 30 heavy (non-hydrogen) atoms. The summed E-state index contributed by atoms with van der Waals surface area (Å²) in [5, 5.41) is 0. The average molecular weight is 401 g/mol. The minimum absolute atomic E-state index is 0.456. The largest absolute Gasteiger partial charge is 0.497 e. The monoisotopic (exact) mass is 400 g/mol. The Morgan fingerprint density at radius 3 is 2.27 bits per heavy atom. The highest BCUT2D eigenvalue weighted by Crippen LogP contribution is 2.48. The van der Waals surface area contributed by atoms with Gasteiger partial charge in [0.15, 0.2) is 0 Å². The maximum atomic E-state index is 5.69. The van der Waals surface area contributed by atoms with Crippen molar-refractivity contribution >= 4 is 0 Å². The summed E-state index contributed by atoms with van der Waals surface area (Å²) in [6, 6.07) is 21.9. The van der Waals surface area contributed by atoms with Crippen LogP contribution in [0.4, 0.5) is 0 Å². The molecule has 0 radical (unpaired) electrons. The highest BCUT2D eigenvalue weighted by Gasteiger charge is 2.36. The molecule has 0 aliphatic heterocycles. The van der Waals surface area contributed by atoms with E-state index in [1.165, 1.54) is 33.4 Å². The third-order valence-electron chi connectivity index (χ3n) is 7.10. The third-order valence-corrected chi connectivity index (χ3v) is 7.10. The first-order valence-corrected chi connectivity index (χ1v) is 10.9. The molecule has 0 amide bonds. The molecule has 2 heteroatoms. The van der Waals surface area contributed by atoms with Gasteiger partial charge in [0.1, 0.15) is 11.5 Å². The standard InChI is InChI=1S/C28H32O2/c1-18-8-6-7-9-22(18)16-26-19(2)25(21-10-13-24(29-4)14-11-21)17-23-12-15-27(30-5)20(3)28(23)26/h6-15,19,25-26H,16-17H2,1-5H3. The van der Waals surface area contributed by atoms with E-state index in [1.54, 1.807) is 14.2 Å². The lowest BCUT2D eigenvalue weighted by Crippen LogP contribution is -2.29. The van der Waals surface area contributed by atoms with E-state index >= 15 is 0 Å². The first-order valence-electron chi connectivity index (χ1n) is 10.9. The second kappa shape index (κ2) is 8.55. The van der Waals surface area contributed by atoms with E-state index in [9.17, 15) is 0 Å². The summed E-state index contributed by atoms with van der Waals surface area (Å²) in [4.78, 5) is 0. The van der Waals surface area contributed by atoms with Gasteiger partial charge in [-0.05, 0) is 96.0 Å². The minimum Gasteiger partial charge on any atom is -0.497 e. The Hall–Kier alpha value is -2.74. The lowest BCUT2D eigenvalue weighted by molar-refractivity contribution is 0.343. The molecule has 0 bridgehead atoms. The molecule has 0 fully saturated rings. The summed E-state index contributed by atoms with van der Waals surface area (Å²) in [6.07, 6.45) is 2.12. The zero-order chi connectivity index (χ0) is 21.3. The van der Waals surface area contributed by atoms with Crippen LogP contribution in [0.25, 0.3) is 0 Å². The van der Waals surface area contributed by atoms with E-state index in [2.05, 4.69) is 81.4 Å². The van der Waals surface area contributed by atoms with E-state index in [0.717, 1.165) is 24.3 Å². The molecular weight excluding hydrogens is 368 g/mol. The normalized spacial score (nSPS) is 20.5. The molecule has 3 aromatic carbocycles. The van der Waals surface area contributed by atoms with Crippen LogP contribution >= 0.6 is 0 Å². The lowest BCUT2D eigenvalue weighted by atomic mass is 9.64. The van der Waals surface area contributed by atoms with Gasteiger partial charge >= 0.3 is 0 Å². The van der Waals surface area contributed by atoms with Crippen molar-refractivity contribution in [3.8, 4) is 11.5 Å². The summed E-state index contributed by atoms with van der Waals surface area (Å²) >= 11 is 0. The smallest absolute Gasteiger partial charge is 0.122 e. The van der Waals surface area contributed by atoms with Crippen molar-refractivity contribution in [1.29, 1.82) is 0 Å². The number of ether oxygens (including phenoxy) is 2. The van der Waals surface area contributed by atoms with Crippen LogP contribution in [0.15, 0.2) is 60.7 Å². The maximum absolute atomic E-state index is 5.69. The zero-order valence-corrected chi connectivity index (χ0v) is 18.7. The van der Waals surface area contributed by atoms with Crippen molar-refractivity contribution in [2.24, 2.45) is 5.92 Å². The van der Waals surface area contributed by atoms with Gasteiger partial charge in [0.25, 0.3) is 0 Å². The number of aryl methyl sites for hydroxylation is 1. The van der Waals surface area contributed by atoms with Gasteiger partial charge in [-0.3, -0.25) is 0 Å². The quantitative estimate of drug-likeness (QED) is 0.479. The molecule has 3 atom stereocenters. The number of methoxy groups -OCH3 is 2. The number of hydrogen-bond donors (Lipinski definition) is 0. The van der Waals surface area contributed by atoms with Gasteiger partial charge in [0.2, 0.25) is 0 Å². The summed E-state index contributed by atoms with van der Waals surface area (Å²) in [5.41, 5.74) is 8.47. The fourth-order valence-corrected chi connectivity index (χ4v) is 5.28. The van der Waals surface area contributed by atoms with Crippen molar-refractivity contribution in [3.05, 3.63) is 94.0 Å². The van der Waals surface area contributed by atoms with Gasteiger partial charge in [-0.1, -0.05) is 49.4 Å². The molecule has 3 unspecified atom stereocenters. The summed E-state index contributed by atoms with van der Waals surface area (Å²) in [7, 11) is 3.50. The highest BCUT2D eigenvalue weighted by atomic mass is 16.5. The zero-order valence-electron chi connectivity index (χ0n) is 18.7. The van der Waals surface area contributed by atoms with E-state index < -0.39 is 0 Å². The summed E-state index contributed by atoms with van der Waals surface area (Å²) in [5.74, 6) is 3.39. The van der Waals surface area contributed by atoms with Crippen LogP contribution in [0.3, 0.4) is 0 Å². The van der Waals surface area contributed by atoms with Gasteiger partial charge in [0, 0.05) is 0 Å². The molecule has 1 aliphatic rings. The molecule has 1 aliphatic carbocycles. The summed E-state index contributed by atoms with van der Waals surface area (Å²) in [6.45, 7) is 6.88. The summed E-state index contributed by atoms with van der Waals surface area (Å²) < 4.78 is 11.1. The first kappa shape index (κ1) is 20.5. The molecule has 0 saturated heterocycles. The Labute approximate surface area is 180 Å². The van der Waals surface area contributed by atoms with Gasteiger partial charge < -0.3 is 9.47 Å². The van der Waals surface area contributed by atoms with Crippen LogP contribution in [0.2, 0.25) is 0 Å². The Morgan fingerprint density at radius 1 is 0.867 bits per heavy atom. The van der Waals surface area contributed by atoms with Crippen molar-refractivity contribution < 1.29 is 9.47 Å². The fourth-order valence-electron chi connectivity index (χ4n) is 5.28. The van der Waals surface area contributed by atoms with Crippen molar-refractivity contribution in [1.82, 2.24) is 0 Å². The molecule has 0 aromatic heterocycles. The molecular formula is C28H32O2. The molecule has 3 aromatic rings. The van der Waals surface area contributed by atoms with Gasteiger partial charge in [-0.25, -0.2) is 0 Å². The van der Waals surface area contributed by atoms with Crippen LogP contribution in [-0.4, -0.2) is 14.2 Å². The van der Waals surface area contributed by atoms with Crippen molar-refractivity contribution in [2.75, 3.05) is 14.2 Å². The molecule has 156 valence electrons. The van der Waals surface area contributed by atoms with E-state index in [4.69, 9.17) is 9.47 Å². The van der Waals surface area contributed by atoms with Crippen LogP contribution < -0.4 is 9.47 Å². The SMILES string of the molecule is COc1ccc(C2Cc3ccc(OC)c(C)c3C(Cc3ccccc3C)C2C)cc1. The molecule has 4 rings (SSSR count). The number of fused-ring (bicyclic) bond motifs is 1. The van der Waals surface area contributed by atoms with Crippen LogP contribution in [0.1, 0.15) is 52.1 Å². The van der Waals surface area contributed by atoms with Gasteiger partial charge in [-0.15, -0.1) is 0 Å². The van der Waals surface area contributed by atoms with E-state index in [-0.39, 0.29) is 0 Å². The van der Waals surface area contributed by atoms with E-state index in [0.29, 0.717) is 17.8 Å². The molecule has 0 N–H and O–H groups in total. The maximum Gasteiger partial charge on any atom is 0.122 e. The highest BCUT2D eigenvalue weighted by molar-refractivity contribution is 5.50. The fraction of sp³-hybridized carbons (Fsp3) is 0.357. The first-order chi connectivity index (χ1) is 14.5. The number of hydrogen-bond acceptors (Lipinski definition) is 2. The minimum atomic E-state index is 0.456. The average Bonchev–Trinajstić information content (AvgIpc) is 2.77. The number of rotatable bonds is 5. The molecule has 0 saturated carbocycles. The Bertz CT molecular complexity index is 1020. The third kappa shape index (κ3) is 3.71. The predicted octanol–water partition coefficient (Wildman–Crippen LogP) is 6.62. The van der Waals surface area contributed by atoms with Crippen LogP contribution in [0.5, 0.6) is 11.5 Å². The van der Waals surface area contributed by atoms with Gasteiger partial charge in [-0.2, -0.15) is 0 Å². The molecule has 2 nitrogen and oxygen atoms in total. The van der Waals surface area contributed by atoms with Crippen molar-refractivity contribution in [3.63, 3.8) is 0 Å². The van der Waals surface area contributed by atoms with Crippen molar-refractivity contribution in [2.45, 2.75) is 45.4 Å². The van der Waals surface area contributed by atoms with Crippen LogP contribution in [0, 0.1) is 19.8 Å². The van der Waals surface area contributed by atoms with Gasteiger partial charge in [0.05, 0.1) is 14.2 Å². The molecule has 0 spiro atoms. The predicted molar refractivity (Wildman–Crippen MR) is 124 cm³/mol. The number of benzene rings is 3. The Kier molecular flexibility index (Phi) is 5.85. The van der Waals surface area contributed by atoms with E-state index in [1.807, 2.05) is 0 Å². The topological polar surface area (TPSA) is 18.5 Å². The van der Waals surface area contributed by atoms with Crippen LogP contribution in [-0.2, 0) is 12.8 Å².